The molecule has 0 radical (unpaired) electrons. The summed E-state index contributed by atoms with van der Waals surface area (Å²) in [6, 6.07) is 2.48. The minimum absolute atomic E-state index is 0.197. The number of hydrogen-bond acceptors (Lipinski definition) is 3. The third kappa shape index (κ3) is 4.46. The number of rotatable bonds is 6. The zero-order valence-electron chi connectivity index (χ0n) is 9.35. The molecule has 0 saturated heterocycles. The Bertz CT molecular complexity index is 284. The van der Waals surface area contributed by atoms with Gasteiger partial charge in [-0.1, -0.05) is 13.8 Å². The molecular formula is C11H20N2O2. The molecule has 4 nitrogen and oxygen atoms in total. The van der Waals surface area contributed by atoms with Gasteiger partial charge in [-0.05, 0) is 11.6 Å². The maximum atomic E-state index is 9.25. The summed E-state index contributed by atoms with van der Waals surface area (Å²) in [7, 11) is 0. The summed E-state index contributed by atoms with van der Waals surface area (Å²) in [6.07, 6.45) is 3.22. The van der Waals surface area contributed by atoms with Gasteiger partial charge < -0.3 is 20.1 Å². The van der Waals surface area contributed by atoms with Crippen molar-refractivity contribution >= 4 is 0 Å². The fourth-order valence-corrected chi connectivity index (χ4v) is 1.33. The zero-order chi connectivity index (χ0) is 11.3. The monoisotopic (exact) mass is 212 g/mol. The van der Waals surface area contributed by atoms with Crippen molar-refractivity contribution in [3.63, 3.8) is 0 Å². The standard InChI is InChI=1S/C11H20N2O2/c1-9(2)12-5-10-3-4-13(6-10)7-11(15)8-14/h3-4,6,9,11-12,14-15H,5,7-8H2,1-2H3. The van der Waals surface area contributed by atoms with E-state index in [1.54, 1.807) is 0 Å². The molecular weight excluding hydrogens is 192 g/mol. The van der Waals surface area contributed by atoms with Crippen molar-refractivity contribution < 1.29 is 10.2 Å². The Morgan fingerprint density at radius 3 is 2.80 bits per heavy atom. The Kier molecular flexibility index (Phi) is 4.81. The van der Waals surface area contributed by atoms with Gasteiger partial charge in [0.05, 0.1) is 19.3 Å². The molecule has 1 atom stereocenters. The van der Waals surface area contributed by atoms with Gasteiger partial charge in [0.2, 0.25) is 0 Å². The third-order valence-electron chi connectivity index (χ3n) is 2.16. The van der Waals surface area contributed by atoms with Crippen molar-refractivity contribution in [1.82, 2.24) is 9.88 Å². The molecule has 0 saturated carbocycles. The van der Waals surface area contributed by atoms with Crippen molar-refractivity contribution in [2.45, 2.75) is 39.1 Å². The van der Waals surface area contributed by atoms with Crippen LogP contribution in [0.25, 0.3) is 0 Å². The van der Waals surface area contributed by atoms with Crippen LogP contribution in [0.4, 0.5) is 0 Å². The van der Waals surface area contributed by atoms with Crippen LogP contribution in [0, 0.1) is 0 Å². The van der Waals surface area contributed by atoms with Crippen LogP contribution >= 0.6 is 0 Å². The molecule has 86 valence electrons. The highest BCUT2D eigenvalue weighted by molar-refractivity contribution is 5.10. The molecule has 1 rings (SSSR count). The van der Waals surface area contributed by atoms with Crippen LogP contribution in [0.1, 0.15) is 19.4 Å². The van der Waals surface area contributed by atoms with Gasteiger partial charge in [0, 0.05) is 25.0 Å². The van der Waals surface area contributed by atoms with E-state index in [0.29, 0.717) is 12.6 Å². The fourth-order valence-electron chi connectivity index (χ4n) is 1.33. The summed E-state index contributed by atoms with van der Waals surface area (Å²) in [5.41, 5.74) is 1.19. The predicted molar refractivity (Wildman–Crippen MR) is 59.5 cm³/mol. The average Bonchev–Trinajstić information content (AvgIpc) is 2.62. The van der Waals surface area contributed by atoms with Crippen molar-refractivity contribution in [2.24, 2.45) is 0 Å². The smallest absolute Gasteiger partial charge is 0.0949 e. The molecule has 1 aromatic rings. The molecule has 0 aliphatic heterocycles. The number of aliphatic hydroxyl groups excluding tert-OH is 2. The van der Waals surface area contributed by atoms with Gasteiger partial charge >= 0.3 is 0 Å². The molecule has 0 aliphatic carbocycles. The summed E-state index contributed by atoms with van der Waals surface area (Å²) >= 11 is 0. The Balaban J connectivity index is 2.42. The lowest BCUT2D eigenvalue weighted by molar-refractivity contribution is 0.0813. The van der Waals surface area contributed by atoms with Gasteiger partial charge in [-0.3, -0.25) is 0 Å². The van der Waals surface area contributed by atoms with Gasteiger partial charge in [-0.25, -0.2) is 0 Å². The molecule has 3 N–H and O–H groups in total. The second-order valence-electron chi connectivity index (χ2n) is 4.09. The van der Waals surface area contributed by atoms with E-state index in [1.807, 2.05) is 23.0 Å². The predicted octanol–water partition coefficient (Wildman–Crippen LogP) is 0.339. The van der Waals surface area contributed by atoms with E-state index in [0.717, 1.165) is 6.54 Å². The van der Waals surface area contributed by atoms with Crippen molar-refractivity contribution in [1.29, 1.82) is 0 Å². The SMILES string of the molecule is CC(C)NCc1ccn(CC(O)CO)c1. The van der Waals surface area contributed by atoms with Crippen molar-refractivity contribution in [2.75, 3.05) is 6.61 Å². The summed E-state index contributed by atoms with van der Waals surface area (Å²) in [5.74, 6) is 0. The number of hydrogen-bond donors (Lipinski definition) is 3. The van der Waals surface area contributed by atoms with Crippen LogP contribution < -0.4 is 5.32 Å². The second kappa shape index (κ2) is 5.90. The van der Waals surface area contributed by atoms with Crippen LogP contribution in [-0.2, 0) is 13.1 Å². The average molecular weight is 212 g/mol. The molecule has 0 spiro atoms. The quantitative estimate of drug-likeness (QED) is 0.637. The highest BCUT2D eigenvalue weighted by Gasteiger charge is 2.03. The molecule has 1 heterocycles. The Morgan fingerprint density at radius 1 is 1.47 bits per heavy atom. The van der Waals surface area contributed by atoms with E-state index in [2.05, 4.69) is 19.2 Å². The van der Waals surface area contributed by atoms with Crippen LogP contribution in [0.3, 0.4) is 0 Å². The molecule has 0 fully saturated rings. The van der Waals surface area contributed by atoms with Crippen molar-refractivity contribution in [3.05, 3.63) is 24.0 Å². The first-order chi connectivity index (χ1) is 7.11. The van der Waals surface area contributed by atoms with Gasteiger partial charge in [0.15, 0.2) is 0 Å². The Labute approximate surface area is 90.5 Å². The van der Waals surface area contributed by atoms with E-state index in [-0.39, 0.29) is 6.61 Å². The van der Waals surface area contributed by atoms with E-state index in [9.17, 15) is 5.11 Å². The Hall–Kier alpha value is -0.840. The van der Waals surface area contributed by atoms with Crippen LogP contribution in [0.15, 0.2) is 18.5 Å². The van der Waals surface area contributed by atoms with Gasteiger partial charge in [0.25, 0.3) is 0 Å². The fraction of sp³-hybridized carbons (Fsp3) is 0.636. The molecule has 15 heavy (non-hydrogen) atoms. The minimum Gasteiger partial charge on any atom is -0.394 e. The number of nitrogens with one attached hydrogen (secondary N) is 1. The van der Waals surface area contributed by atoms with E-state index in [1.165, 1.54) is 5.56 Å². The minimum atomic E-state index is -0.677. The molecule has 0 aromatic carbocycles. The normalized spacial score (nSPS) is 13.4. The van der Waals surface area contributed by atoms with Gasteiger partial charge in [0.1, 0.15) is 0 Å². The first-order valence-electron chi connectivity index (χ1n) is 5.28. The summed E-state index contributed by atoms with van der Waals surface area (Å²) < 4.78 is 1.89. The van der Waals surface area contributed by atoms with Crippen LogP contribution in [0.5, 0.6) is 0 Å². The lowest BCUT2D eigenvalue weighted by atomic mass is 10.3. The third-order valence-corrected chi connectivity index (χ3v) is 2.16. The lowest BCUT2D eigenvalue weighted by Gasteiger charge is -2.08. The molecule has 1 aromatic heterocycles. The maximum Gasteiger partial charge on any atom is 0.0949 e. The lowest BCUT2D eigenvalue weighted by Crippen LogP contribution is -2.21. The van der Waals surface area contributed by atoms with E-state index >= 15 is 0 Å². The van der Waals surface area contributed by atoms with Crippen LogP contribution in [0.2, 0.25) is 0 Å². The molecule has 0 aliphatic rings. The topological polar surface area (TPSA) is 57.4 Å². The van der Waals surface area contributed by atoms with E-state index < -0.39 is 6.10 Å². The van der Waals surface area contributed by atoms with Crippen molar-refractivity contribution in [3.8, 4) is 0 Å². The maximum absolute atomic E-state index is 9.25. The summed E-state index contributed by atoms with van der Waals surface area (Å²) in [4.78, 5) is 0. The Morgan fingerprint density at radius 2 is 2.20 bits per heavy atom. The van der Waals surface area contributed by atoms with Crippen LogP contribution in [-0.4, -0.2) is 33.5 Å². The second-order valence-corrected chi connectivity index (χ2v) is 4.09. The number of nitrogens with zero attached hydrogens (tertiary/aromatic N) is 1. The first kappa shape index (κ1) is 12.2. The number of aromatic nitrogens is 1. The summed E-state index contributed by atoms with van der Waals surface area (Å²) in [5, 5.41) is 21.3. The first-order valence-corrected chi connectivity index (χ1v) is 5.28. The highest BCUT2D eigenvalue weighted by Crippen LogP contribution is 2.02. The molecule has 0 amide bonds. The molecule has 0 bridgehead atoms. The summed E-state index contributed by atoms with van der Waals surface area (Å²) in [6.45, 7) is 5.29. The number of aliphatic hydroxyl groups is 2. The largest absolute Gasteiger partial charge is 0.394 e. The molecule has 1 unspecified atom stereocenters. The zero-order valence-corrected chi connectivity index (χ0v) is 9.35. The molecule has 4 heteroatoms. The van der Waals surface area contributed by atoms with Gasteiger partial charge in [-0.2, -0.15) is 0 Å². The van der Waals surface area contributed by atoms with E-state index in [4.69, 9.17) is 5.11 Å². The van der Waals surface area contributed by atoms with Gasteiger partial charge in [-0.15, -0.1) is 0 Å². The highest BCUT2D eigenvalue weighted by atomic mass is 16.3.